The molecule has 0 spiro atoms. The van der Waals surface area contributed by atoms with Crippen LogP contribution in [0.1, 0.15) is 29.9 Å². The van der Waals surface area contributed by atoms with Gasteiger partial charge < -0.3 is 4.74 Å². The Kier molecular flexibility index (Phi) is 5.11. The van der Waals surface area contributed by atoms with E-state index < -0.39 is 10.0 Å². The van der Waals surface area contributed by atoms with Crippen LogP contribution in [0.25, 0.3) is 0 Å². The molecule has 2 aromatic rings. The minimum Gasteiger partial charge on any atom is -0.497 e. The fourth-order valence-corrected chi connectivity index (χ4v) is 5.02. The molecule has 0 atom stereocenters. The highest BCUT2D eigenvalue weighted by Gasteiger charge is 2.30. The lowest BCUT2D eigenvalue weighted by Crippen LogP contribution is -2.38. The van der Waals surface area contributed by atoms with Crippen molar-refractivity contribution < 1.29 is 17.5 Å². The van der Waals surface area contributed by atoms with Gasteiger partial charge in [-0.25, -0.2) is 12.8 Å². The Morgan fingerprint density at radius 3 is 2.28 bits per heavy atom. The second-order valence-corrected chi connectivity index (χ2v) is 8.27. The van der Waals surface area contributed by atoms with Crippen molar-refractivity contribution in [3.8, 4) is 5.75 Å². The fraction of sp³-hybridized carbons (Fsp3) is 0.368. The van der Waals surface area contributed by atoms with Crippen LogP contribution in [0, 0.1) is 12.7 Å². The van der Waals surface area contributed by atoms with Crippen molar-refractivity contribution in [2.75, 3.05) is 20.2 Å². The van der Waals surface area contributed by atoms with Crippen LogP contribution in [-0.4, -0.2) is 32.9 Å². The first-order valence-electron chi connectivity index (χ1n) is 8.32. The number of hydrogen-bond acceptors (Lipinski definition) is 3. The van der Waals surface area contributed by atoms with Crippen molar-refractivity contribution in [2.24, 2.45) is 0 Å². The van der Waals surface area contributed by atoms with E-state index >= 15 is 0 Å². The SMILES string of the molecule is COc1ccc(S(=O)(=O)N2CCC(c3ccc(F)cc3)CC2)c(C)c1. The van der Waals surface area contributed by atoms with Crippen LogP contribution in [0.5, 0.6) is 5.75 Å². The summed E-state index contributed by atoms with van der Waals surface area (Å²) in [5.74, 6) is 0.661. The lowest BCUT2D eigenvalue weighted by molar-refractivity contribution is 0.319. The minimum atomic E-state index is -3.51. The van der Waals surface area contributed by atoms with Gasteiger partial charge >= 0.3 is 0 Å². The number of methoxy groups -OCH3 is 1. The highest BCUT2D eigenvalue weighted by Crippen LogP contribution is 2.32. The van der Waals surface area contributed by atoms with Gasteiger partial charge in [-0.3, -0.25) is 0 Å². The van der Waals surface area contributed by atoms with E-state index in [2.05, 4.69) is 0 Å². The Morgan fingerprint density at radius 2 is 1.72 bits per heavy atom. The maximum absolute atomic E-state index is 13.1. The van der Waals surface area contributed by atoms with Gasteiger partial charge in [0.15, 0.2) is 0 Å². The van der Waals surface area contributed by atoms with E-state index in [1.807, 2.05) is 0 Å². The highest BCUT2D eigenvalue weighted by molar-refractivity contribution is 7.89. The lowest BCUT2D eigenvalue weighted by atomic mass is 9.90. The smallest absolute Gasteiger partial charge is 0.243 e. The predicted molar refractivity (Wildman–Crippen MR) is 94.9 cm³/mol. The predicted octanol–water partition coefficient (Wildman–Crippen LogP) is 3.71. The summed E-state index contributed by atoms with van der Waals surface area (Å²) in [6.45, 7) is 2.71. The van der Waals surface area contributed by atoms with Crippen LogP contribution in [0.3, 0.4) is 0 Å². The van der Waals surface area contributed by atoms with Gasteiger partial charge in [-0.05, 0) is 67.1 Å². The second-order valence-electron chi connectivity index (χ2n) is 6.36. The Morgan fingerprint density at radius 1 is 1.08 bits per heavy atom. The number of hydrogen-bond donors (Lipinski definition) is 0. The molecule has 0 aromatic heterocycles. The molecule has 1 aliphatic rings. The molecule has 0 N–H and O–H groups in total. The van der Waals surface area contributed by atoms with E-state index in [0.29, 0.717) is 29.3 Å². The van der Waals surface area contributed by atoms with Crippen LogP contribution in [0.15, 0.2) is 47.4 Å². The third-order valence-corrected chi connectivity index (χ3v) is 6.85. The van der Waals surface area contributed by atoms with Crippen molar-refractivity contribution in [3.63, 3.8) is 0 Å². The average Bonchev–Trinajstić information content (AvgIpc) is 2.62. The normalized spacial score (nSPS) is 16.8. The molecule has 1 saturated heterocycles. The van der Waals surface area contributed by atoms with E-state index in [-0.39, 0.29) is 11.7 Å². The summed E-state index contributed by atoms with van der Waals surface area (Å²) in [7, 11) is -1.95. The fourth-order valence-electron chi connectivity index (χ4n) is 3.34. The number of nitrogens with zero attached hydrogens (tertiary/aromatic N) is 1. The lowest BCUT2D eigenvalue weighted by Gasteiger charge is -2.31. The highest BCUT2D eigenvalue weighted by atomic mass is 32.2. The molecule has 3 rings (SSSR count). The summed E-state index contributed by atoms with van der Waals surface area (Å²) in [5.41, 5.74) is 1.75. The monoisotopic (exact) mass is 363 g/mol. The molecular formula is C19H22FNO3S. The molecule has 1 heterocycles. The van der Waals surface area contributed by atoms with Crippen LogP contribution < -0.4 is 4.74 Å². The number of ether oxygens (including phenoxy) is 1. The first-order valence-corrected chi connectivity index (χ1v) is 9.76. The van der Waals surface area contributed by atoms with E-state index in [9.17, 15) is 12.8 Å². The molecule has 6 heteroatoms. The quantitative estimate of drug-likeness (QED) is 0.832. The summed E-state index contributed by atoms with van der Waals surface area (Å²) in [5, 5.41) is 0. The number of piperidine rings is 1. The largest absolute Gasteiger partial charge is 0.497 e. The maximum Gasteiger partial charge on any atom is 0.243 e. The van der Waals surface area contributed by atoms with Crippen molar-refractivity contribution >= 4 is 10.0 Å². The van der Waals surface area contributed by atoms with Gasteiger partial charge in [-0.2, -0.15) is 4.31 Å². The van der Waals surface area contributed by atoms with Crippen molar-refractivity contribution in [3.05, 3.63) is 59.4 Å². The minimum absolute atomic E-state index is 0.251. The number of halogens is 1. The van der Waals surface area contributed by atoms with Gasteiger partial charge in [0.25, 0.3) is 0 Å². The van der Waals surface area contributed by atoms with Gasteiger partial charge in [0.05, 0.1) is 12.0 Å². The summed E-state index contributed by atoms with van der Waals surface area (Å²) in [6.07, 6.45) is 1.47. The Labute approximate surface area is 148 Å². The van der Waals surface area contributed by atoms with Crippen LogP contribution in [0.4, 0.5) is 4.39 Å². The van der Waals surface area contributed by atoms with E-state index in [1.165, 1.54) is 12.1 Å². The van der Waals surface area contributed by atoms with E-state index in [0.717, 1.165) is 18.4 Å². The zero-order chi connectivity index (χ0) is 18.0. The summed E-state index contributed by atoms with van der Waals surface area (Å²) < 4.78 is 45.6. The first-order chi connectivity index (χ1) is 11.9. The van der Waals surface area contributed by atoms with Gasteiger partial charge in [-0.1, -0.05) is 12.1 Å². The molecule has 1 fully saturated rings. The standard InChI is InChI=1S/C19H22FNO3S/c1-14-13-18(24-2)7-8-19(14)25(22,23)21-11-9-16(10-12-21)15-3-5-17(20)6-4-15/h3-8,13,16H,9-12H2,1-2H3. The summed E-state index contributed by atoms with van der Waals surface area (Å²) in [6, 6.07) is 11.5. The first kappa shape index (κ1) is 17.9. The molecule has 134 valence electrons. The maximum atomic E-state index is 13.1. The number of sulfonamides is 1. The third-order valence-electron chi connectivity index (χ3n) is 4.80. The molecule has 0 saturated carbocycles. The number of aryl methyl sites for hydroxylation is 1. The van der Waals surface area contributed by atoms with Crippen LogP contribution >= 0.6 is 0 Å². The molecule has 0 amide bonds. The van der Waals surface area contributed by atoms with Crippen LogP contribution in [-0.2, 0) is 10.0 Å². The molecule has 0 unspecified atom stereocenters. The van der Waals surface area contributed by atoms with Crippen LogP contribution in [0.2, 0.25) is 0 Å². The van der Waals surface area contributed by atoms with E-state index in [4.69, 9.17) is 4.74 Å². The molecule has 0 radical (unpaired) electrons. The average molecular weight is 363 g/mol. The van der Waals surface area contributed by atoms with Crippen molar-refractivity contribution in [1.82, 2.24) is 4.31 Å². The zero-order valence-electron chi connectivity index (χ0n) is 14.4. The topological polar surface area (TPSA) is 46.6 Å². The molecule has 1 aliphatic heterocycles. The van der Waals surface area contributed by atoms with Gasteiger partial charge in [0.2, 0.25) is 10.0 Å². The molecule has 25 heavy (non-hydrogen) atoms. The van der Waals surface area contributed by atoms with Gasteiger partial charge in [0, 0.05) is 13.1 Å². The number of benzene rings is 2. The van der Waals surface area contributed by atoms with E-state index in [1.54, 1.807) is 48.7 Å². The van der Waals surface area contributed by atoms with Gasteiger partial charge in [0.1, 0.15) is 11.6 Å². The van der Waals surface area contributed by atoms with Gasteiger partial charge in [-0.15, -0.1) is 0 Å². The molecule has 0 bridgehead atoms. The second kappa shape index (κ2) is 7.14. The van der Waals surface area contributed by atoms with Crippen molar-refractivity contribution in [1.29, 1.82) is 0 Å². The zero-order valence-corrected chi connectivity index (χ0v) is 15.2. The molecule has 4 nitrogen and oxygen atoms in total. The molecular weight excluding hydrogens is 341 g/mol. The Bertz CT molecular complexity index is 841. The molecule has 0 aliphatic carbocycles. The third kappa shape index (κ3) is 3.70. The van der Waals surface area contributed by atoms with Crippen molar-refractivity contribution in [2.45, 2.75) is 30.6 Å². The Balaban J connectivity index is 1.74. The molecule has 2 aromatic carbocycles. The Hall–Kier alpha value is -1.92. The summed E-state index contributed by atoms with van der Waals surface area (Å²) in [4.78, 5) is 0.327. The summed E-state index contributed by atoms with van der Waals surface area (Å²) >= 11 is 0. The number of rotatable bonds is 4.